The summed E-state index contributed by atoms with van der Waals surface area (Å²) in [4.78, 5) is 17.1. The molecular formula is C19H17N5O2. The van der Waals surface area contributed by atoms with Gasteiger partial charge in [0.1, 0.15) is 17.3 Å². The second-order valence-electron chi connectivity index (χ2n) is 5.72. The Bertz CT molecular complexity index is 979. The molecule has 2 N–H and O–H groups in total. The van der Waals surface area contributed by atoms with Gasteiger partial charge in [0, 0.05) is 11.3 Å². The normalized spacial score (nSPS) is 12.2. The second-order valence-corrected chi connectivity index (χ2v) is 5.72. The molecule has 0 unspecified atom stereocenters. The summed E-state index contributed by atoms with van der Waals surface area (Å²) in [7, 11) is 1.57. The van der Waals surface area contributed by atoms with Crippen LogP contribution in [0.15, 0.2) is 59.7 Å². The third-order valence-corrected chi connectivity index (χ3v) is 4.11. The molecular weight excluding hydrogens is 330 g/mol. The highest BCUT2D eigenvalue weighted by Crippen LogP contribution is 2.32. The summed E-state index contributed by atoms with van der Waals surface area (Å²) in [5, 5.41) is 10.4. The van der Waals surface area contributed by atoms with Crippen LogP contribution < -0.4 is 15.4 Å². The number of aliphatic imine (C=N–C) groups is 1. The Kier molecular flexibility index (Phi) is 4.10. The van der Waals surface area contributed by atoms with Crippen LogP contribution in [0.25, 0.3) is 5.69 Å². The summed E-state index contributed by atoms with van der Waals surface area (Å²) in [6, 6.07) is 14.7. The topological polar surface area (TPSA) is 80.5 Å². The molecule has 130 valence electrons. The van der Waals surface area contributed by atoms with E-state index in [0.29, 0.717) is 23.5 Å². The van der Waals surface area contributed by atoms with Crippen LogP contribution in [0.3, 0.4) is 0 Å². The van der Waals surface area contributed by atoms with Crippen molar-refractivity contribution in [3.8, 4) is 11.4 Å². The molecule has 3 aromatic rings. The number of aromatic nitrogens is 2. The molecule has 0 radical (unpaired) electrons. The summed E-state index contributed by atoms with van der Waals surface area (Å²) in [6.07, 6.45) is 3.36. The molecule has 7 heteroatoms. The summed E-state index contributed by atoms with van der Waals surface area (Å²) < 4.78 is 7.18. The van der Waals surface area contributed by atoms with Crippen LogP contribution in [-0.2, 0) is 6.54 Å². The number of nitrogens with one attached hydrogen (secondary N) is 2. The van der Waals surface area contributed by atoms with Gasteiger partial charge in [-0.3, -0.25) is 9.79 Å². The lowest BCUT2D eigenvalue weighted by Crippen LogP contribution is -2.18. The van der Waals surface area contributed by atoms with Crippen LogP contribution in [0.4, 0.5) is 11.5 Å². The molecule has 0 spiro atoms. The van der Waals surface area contributed by atoms with Crippen molar-refractivity contribution in [1.29, 1.82) is 0 Å². The minimum absolute atomic E-state index is 0.237. The quantitative estimate of drug-likeness (QED) is 0.760. The maximum atomic E-state index is 12.9. The third-order valence-electron chi connectivity index (χ3n) is 4.11. The number of hydrogen-bond acceptors (Lipinski definition) is 5. The molecule has 0 saturated heterocycles. The van der Waals surface area contributed by atoms with Crippen LogP contribution in [0.1, 0.15) is 15.9 Å². The minimum atomic E-state index is -0.237. The molecule has 0 bridgehead atoms. The Labute approximate surface area is 150 Å². The highest BCUT2D eigenvalue weighted by molar-refractivity contribution is 6.07. The lowest BCUT2D eigenvalue weighted by molar-refractivity contribution is 0.102. The number of amides is 1. The van der Waals surface area contributed by atoms with Gasteiger partial charge in [0.25, 0.3) is 5.91 Å². The van der Waals surface area contributed by atoms with Crippen LogP contribution in [0.2, 0.25) is 0 Å². The first-order valence-corrected chi connectivity index (χ1v) is 8.13. The number of methoxy groups -OCH3 is 1. The molecule has 1 aliphatic heterocycles. The fourth-order valence-corrected chi connectivity index (χ4v) is 2.88. The Morgan fingerprint density at radius 2 is 2.04 bits per heavy atom. The van der Waals surface area contributed by atoms with Crippen LogP contribution >= 0.6 is 0 Å². The Morgan fingerprint density at radius 3 is 2.85 bits per heavy atom. The van der Waals surface area contributed by atoms with E-state index in [-0.39, 0.29) is 5.91 Å². The third kappa shape index (κ3) is 2.79. The van der Waals surface area contributed by atoms with Gasteiger partial charge in [-0.2, -0.15) is 5.10 Å². The molecule has 7 nitrogen and oxygen atoms in total. The number of benzene rings is 2. The summed E-state index contributed by atoms with van der Waals surface area (Å²) >= 11 is 0. The van der Waals surface area contributed by atoms with Gasteiger partial charge in [-0.1, -0.05) is 24.3 Å². The van der Waals surface area contributed by atoms with E-state index >= 15 is 0 Å². The Hall–Kier alpha value is -3.61. The predicted octanol–water partition coefficient (Wildman–Crippen LogP) is 3.09. The predicted molar refractivity (Wildman–Crippen MR) is 100 cm³/mol. The molecule has 0 aliphatic carbocycles. The van der Waals surface area contributed by atoms with E-state index in [1.54, 1.807) is 42.5 Å². The van der Waals surface area contributed by atoms with Gasteiger partial charge in [-0.15, -0.1) is 0 Å². The molecule has 4 rings (SSSR count). The molecule has 0 atom stereocenters. The SMILES string of the molecule is COc1cccc(C(=O)Nc2ccccc2)c1-n1ncc2c1NC=NC2. The van der Waals surface area contributed by atoms with E-state index in [9.17, 15) is 4.79 Å². The first-order valence-electron chi connectivity index (χ1n) is 8.13. The van der Waals surface area contributed by atoms with Crippen molar-refractivity contribution >= 4 is 23.8 Å². The van der Waals surface area contributed by atoms with Crippen molar-refractivity contribution in [2.75, 3.05) is 17.7 Å². The highest BCUT2D eigenvalue weighted by Gasteiger charge is 2.22. The number of ether oxygens (including phenoxy) is 1. The first kappa shape index (κ1) is 15.9. The number of rotatable bonds is 4. The maximum absolute atomic E-state index is 12.9. The lowest BCUT2D eigenvalue weighted by atomic mass is 10.1. The fourth-order valence-electron chi connectivity index (χ4n) is 2.88. The number of carbonyl (C=O) groups is 1. The second kappa shape index (κ2) is 6.72. The maximum Gasteiger partial charge on any atom is 0.258 e. The number of hydrogen-bond donors (Lipinski definition) is 2. The van der Waals surface area contributed by atoms with Crippen molar-refractivity contribution < 1.29 is 9.53 Å². The van der Waals surface area contributed by atoms with Gasteiger partial charge in [0.15, 0.2) is 0 Å². The molecule has 26 heavy (non-hydrogen) atoms. The van der Waals surface area contributed by atoms with Crippen LogP contribution in [-0.4, -0.2) is 29.1 Å². The van der Waals surface area contributed by atoms with Crippen molar-refractivity contribution in [2.24, 2.45) is 4.99 Å². The van der Waals surface area contributed by atoms with E-state index in [0.717, 1.165) is 17.1 Å². The lowest BCUT2D eigenvalue weighted by Gasteiger charge is -2.17. The zero-order chi connectivity index (χ0) is 17.9. The number of para-hydroxylation sites is 2. The standard InChI is InChI=1S/C19H17N5O2/c1-26-16-9-5-8-15(19(25)23-14-6-3-2-4-7-14)17(16)24-18-13(11-22-24)10-20-12-21-18/h2-9,11-12H,10H2,1H3,(H,20,21)(H,23,25). The number of nitrogens with zero attached hydrogens (tertiary/aromatic N) is 3. The van der Waals surface area contributed by atoms with Crippen molar-refractivity contribution in [3.63, 3.8) is 0 Å². The summed E-state index contributed by atoms with van der Waals surface area (Å²) in [5.74, 6) is 1.10. The largest absolute Gasteiger partial charge is 0.494 e. The molecule has 1 amide bonds. The van der Waals surface area contributed by atoms with Crippen LogP contribution in [0.5, 0.6) is 5.75 Å². The monoisotopic (exact) mass is 347 g/mol. The van der Waals surface area contributed by atoms with E-state index in [1.807, 2.05) is 30.3 Å². The smallest absolute Gasteiger partial charge is 0.258 e. The average molecular weight is 347 g/mol. The Morgan fingerprint density at radius 1 is 1.19 bits per heavy atom. The first-order chi connectivity index (χ1) is 12.8. The zero-order valence-electron chi connectivity index (χ0n) is 14.1. The van der Waals surface area contributed by atoms with E-state index in [1.165, 1.54) is 0 Å². The summed E-state index contributed by atoms with van der Waals surface area (Å²) in [5.41, 5.74) is 2.71. The number of fused-ring (bicyclic) bond motifs is 1. The van der Waals surface area contributed by atoms with Gasteiger partial charge in [-0.25, -0.2) is 4.68 Å². The van der Waals surface area contributed by atoms with Gasteiger partial charge >= 0.3 is 0 Å². The van der Waals surface area contributed by atoms with Crippen LogP contribution in [0, 0.1) is 0 Å². The minimum Gasteiger partial charge on any atom is -0.494 e. The molecule has 1 aliphatic rings. The average Bonchev–Trinajstić information content (AvgIpc) is 3.12. The van der Waals surface area contributed by atoms with Crippen molar-refractivity contribution in [1.82, 2.24) is 9.78 Å². The number of carbonyl (C=O) groups excluding carboxylic acids is 1. The molecule has 0 fully saturated rings. The molecule has 0 saturated carbocycles. The molecule has 2 heterocycles. The van der Waals surface area contributed by atoms with Gasteiger partial charge in [-0.05, 0) is 24.3 Å². The van der Waals surface area contributed by atoms with Crippen molar-refractivity contribution in [2.45, 2.75) is 6.54 Å². The Balaban J connectivity index is 1.79. The van der Waals surface area contributed by atoms with Gasteiger partial charge in [0.05, 0.1) is 31.8 Å². The van der Waals surface area contributed by atoms with E-state index in [4.69, 9.17) is 4.74 Å². The van der Waals surface area contributed by atoms with Gasteiger partial charge < -0.3 is 15.4 Å². The molecule has 2 aromatic carbocycles. The van der Waals surface area contributed by atoms with Gasteiger partial charge in [0.2, 0.25) is 0 Å². The zero-order valence-corrected chi connectivity index (χ0v) is 14.1. The van der Waals surface area contributed by atoms with Crippen molar-refractivity contribution in [3.05, 3.63) is 65.9 Å². The summed E-state index contributed by atoms with van der Waals surface area (Å²) in [6.45, 7) is 0.545. The van der Waals surface area contributed by atoms with E-state index in [2.05, 4.69) is 20.7 Å². The highest BCUT2D eigenvalue weighted by atomic mass is 16.5. The molecule has 1 aromatic heterocycles. The number of anilines is 2. The van der Waals surface area contributed by atoms with E-state index < -0.39 is 0 Å². The fraction of sp³-hybridized carbons (Fsp3) is 0.105.